The average molecular weight is 303 g/mol. The molecular weight excluding hydrogens is 283 g/mol. The summed E-state index contributed by atoms with van der Waals surface area (Å²) in [5.41, 5.74) is 0.422. The normalized spacial score (nSPS) is 11.4. The fourth-order valence-corrected chi connectivity index (χ4v) is 2.28. The summed E-state index contributed by atoms with van der Waals surface area (Å²) in [6, 6.07) is 5.39. The number of nitrogens with one attached hydrogen (secondary N) is 2. The number of amides is 1. The third kappa shape index (κ3) is 5.01. The van der Waals surface area contributed by atoms with Crippen LogP contribution in [0, 0.1) is 0 Å². The maximum absolute atomic E-state index is 12.0. The molecule has 1 amide bonds. The molecule has 1 rings (SSSR count). The predicted molar refractivity (Wildman–Crippen MR) is 80.9 cm³/mol. The second-order valence-electron chi connectivity index (χ2n) is 4.90. The monoisotopic (exact) mass is 302 g/mol. The molecule has 19 heavy (non-hydrogen) atoms. The Kier molecular flexibility index (Phi) is 6.11. The molecule has 0 bridgehead atoms. The molecule has 0 spiro atoms. The van der Waals surface area contributed by atoms with Gasteiger partial charge in [0, 0.05) is 16.6 Å². The average Bonchev–Trinajstić information content (AvgIpc) is 2.31. The zero-order chi connectivity index (χ0) is 14.5. The summed E-state index contributed by atoms with van der Waals surface area (Å²) < 4.78 is 0. The molecule has 5 heteroatoms. The van der Waals surface area contributed by atoms with Crippen molar-refractivity contribution in [2.24, 2.45) is 0 Å². The van der Waals surface area contributed by atoms with Gasteiger partial charge in [0.1, 0.15) is 0 Å². The molecule has 0 heterocycles. The van der Waals surface area contributed by atoms with Crippen LogP contribution in [0.3, 0.4) is 0 Å². The first-order valence-corrected chi connectivity index (χ1v) is 7.09. The first-order valence-electron chi connectivity index (χ1n) is 6.34. The van der Waals surface area contributed by atoms with Crippen LogP contribution >= 0.6 is 23.2 Å². The Morgan fingerprint density at radius 1 is 1.32 bits per heavy atom. The van der Waals surface area contributed by atoms with E-state index in [4.69, 9.17) is 23.2 Å². The maximum Gasteiger partial charge on any atom is 0.239 e. The van der Waals surface area contributed by atoms with Crippen LogP contribution in [0.2, 0.25) is 10.0 Å². The molecular formula is C14H20Cl2N2O. The van der Waals surface area contributed by atoms with Crippen molar-refractivity contribution in [2.45, 2.75) is 32.7 Å². The van der Waals surface area contributed by atoms with Crippen molar-refractivity contribution in [3.63, 3.8) is 0 Å². The van der Waals surface area contributed by atoms with Crippen molar-refractivity contribution >= 4 is 29.1 Å². The predicted octanol–water partition coefficient (Wildman–Crippen LogP) is 3.04. The highest BCUT2D eigenvalue weighted by atomic mass is 35.5. The molecule has 106 valence electrons. The van der Waals surface area contributed by atoms with Crippen molar-refractivity contribution < 1.29 is 4.79 Å². The van der Waals surface area contributed by atoms with Gasteiger partial charge in [0.05, 0.1) is 5.54 Å². The summed E-state index contributed by atoms with van der Waals surface area (Å²) in [5, 5.41) is 7.29. The van der Waals surface area contributed by atoms with Crippen LogP contribution in [-0.4, -0.2) is 24.5 Å². The lowest BCUT2D eigenvalue weighted by Crippen LogP contribution is -2.52. The lowest BCUT2D eigenvalue weighted by Gasteiger charge is -2.24. The summed E-state index contributed by atoms with van der Waals surface area (Å²) in [5.74, 6) is -0.0144. The fraction of sp³-hybridized carbons (Fsp3) is 0.500. The van der Waals surface area contributed by atoms with E-state index in [-0.39, 0.29) is 5.91 Å². The lowest BCUT2D eigenvalue weighted by molar-refractivity contribution is -0.126. The molecule has 0 fully saturated rings. The molecule has 1 aromatic rings. The lowest BCUT2D eigenvalue weighted by atomic mass is 10.0. The molecule has 3 nitrogen and oxygen atoms in total. The first kappa shape index (κ1) is 16.3. The molecule has 0 saturated carbocycles. The molecule has 0 unspecified atom stereocenters. The number of halogens is 2. The highest BCUT2D eigenvalue weighted by Crippen LogP contribution is 2.21. The summed E-state index contributed by atoms with van der Waals surface area (Å²) in [4.78, 5) is 12.0. The van der Waals surface area contributed by atoms with Gasteiger partial charge in [-0.1, -0.05) is 36.2 Å². The third-order valence-corrected chi connectivity index (χ3v) is 3.47. The topological polar surface area (TPSA) is 41.1 Å². The molecule has 0 saturated heterocycles. The molecule has 2 N–H and O–H groups in total. The zero-order valence-corrected chi connectivity index (χ0v) is 13.0. The highest BCUT2D eigenvalue weighted by molar-refractivity contribution is 6.35. The molecule has 0 aliphatic carbocycles. The smallest absolute Gasteiger partial charge is 0.239 e. The molecule has 0 aliphatic rings. The van der Waals surface area contributed by atoms with Gasteiger partial charge < -0.3 is 10.6 Å². The van der Waals surface area contributed by atoms with E-state index >= 15 is 0 Å². The molecule has 0 atom stereocenters. The van der Waals surface area contributed by atoms with E-state index < -0.39 is 5.54 Å². The maximum atomic E-state index is 12.0. The minimum absolute atomic E-state index is 0.0144. The van der Waals surface area contributed by atoms with E-state index in [1.54, 1.807) is 12.1 Å². The van der Waals surface area contributed by atoms with Crippen LogP contribution in [0.1, 0.15) is 26.3 Å². The van der Waals surface area contributed by atoms with Gasteiger partial charge in [0.15, 0.2) is 0 Å². The summed E-state index contributed by atoms with van der Waals surface area (Å²) in [7, 11) is 0. The second kappa shape index (κ2) is 7.13. The third-order valence-electron chi connectivity index (χ3n) is 2.88. The second-order valence-corrected chi connectivity index (χ2v) is 5.74. The minimum Gasteiger partial charge on any atom is -0.354 e. The number of rotatable bonds is 6. The first-order chi connectivity index (χ1) is 8.86. The summed E-state index contributed by atoms with van der Waals surface area (Å²) >= 11 is 11.9. The van der Waals surface area contributed by atoms with Gasteiger partial charge in [-0.2, -0.15) is 0 Å². The van der Waals surface area contributed by atoms with E-state index in [2.05, 4.69) is 10.6 Å². The molecule has 0 aliphatic heterocycles. The largest absolute Gasteiger partial charge is 0.354 e. The van der Waals surface area contributed by atoms with Gasteiger partial charge in [0.2, 0.25) is 5.91 Å². The van der Waals surface area contributed by atoms with E-state index in [9.17, 15) is 4.79 Å². The Labute approximate surface area is 124 Å². The van der Waals surface area contributed by atoms with E-state index in [0.29, 0.717) is 23.0 Å². The number of carbonyl (C=O) groups is 1. The Hall–Kier alpha value is -0.770. The van der Waals surface area contributed by atoms with Crippen molar-refractivity contribution in [1.82, 2.24) is 10.6 Å². The highest BCUT2D eigenvalue weighted by Gasteiger charge is 2.25. The van der Waals surface area contributed by atoms with Crippen LogP contribution in [-0.2, 0) is 11.2 Å². The quantitative estimate of drug-likeness (QED) is 0.848. The van der Waals surface area contributed by atoms with Crippen molar-refractivity contribution in [3.8, 4) is 0 Å². The van der Waals surface area contributed by atoms with Crippen molar-refractivity contribution in [1.29, 1.82) is 0 Å². The molecule has 1 aromatic carbocycles. The Bertz CT molecular complexity index is 447. The van der Waals surface area contributed by atoms with E-state index in [1.807, 2.05) is 26.8 Å². The van der Waals surface area contributed by atoms with Gasteiger partial charge in [-0.05, 0) is 44.5 Å². The number of benzene rings is 1. The van der Waals surface area contributed by atoms with Gasteiger partial charge in [-0.3, -0.25) is 4.79 Å². The van der Waals surface area contributed by atoms with Crippen molar-refractivity contribution in [3.05, 3.63) is 33.8 Å². The van der Waals surface area contributed by atoms with Gasteiger partial charge in [-0.25, -0.2) is 0 Å². The SMILES string of the molecule is CCNC(C)(C)C(=O)NCCc1ccc(Cl)cc1Cl. The van der Waals surface area contributed by atoms with Crippen LogP contribution in [0.15, 0.2) is 18.2 Å². The van der Waals surface area contributed by atoms with Gasteiger partial charge in [-0.15, -0.1) is 0 Å². The zero-order valence-electron chi connectivity index (χ0n) is 11.5. The number of hydrogen-bond acceptors (Lipinski definition) is 2. The number of likely N-dealkylation sites (N-methyl/N-ethyl adjacent to an activating group) is 1. The van der Waals surface area contributed by atoms with Crippen LogP contribution in [0.5, 0.6) is 0 Å². The number of hydrogen-bond donors (Lipinski definition) is 2. The molecule has 0 radical (unpaired) electrons. The minimum atomic E-state index is -0.557. The van der Waals surface area contributed by atoms with Crippen LogP contribution < -0.4 is 10.6 Å². The number of carbonyl (C=O) groups excluding carboxylic acids is 1. The Morgan fingerprint density at radius 3 is 2.58 bits per heavy atom. The van der Waals surface area contributed by atoms with E-state index in [0.717, 1.165) is 12.1 Å². The summed E-state index contributed by atoms with van der Waals surface area (Å²) in [6.07, 6.45) is 0.684. The van der Waals surface area contributed by atoms with Crippen LogP contribution in [0.25, 0.3) is 0 Å². The van der Waals surface area contributed by atoms with E-state index in [1.165, 1.54) is 0 Å². The van der Waals surface area contributed by atoms with Gasteiger partial charge >= 0.3 is 0 Å². The summed E-state index contributed by atoms with van der Waals surface area (Å²) in [6.45, 7) is 7.00. The molecule has 0 aromatic heterocycles. The van der Waals surface area contributed by atoms with Gasteiger partial charge in [0.25, 0.3) is 0 Å². The van der Waals surface area contributed by atoms with Crippen molar-refractivity contribution in [2.75, 3.05) is 13.1 Å². The standard InChI is InChI=1S/C14H20Cl2N2O/c1-4-18-14(2,3)13(19)17-8-7-10-5-6-11(15)9-12(10)16/h5-6,9,18H,4,7-8H2,1-3H3,(H,17,19). The Morgan fingerprint density at radius 2 is 2.00 bits per heavy atom. The fourth-order valence-electron chi connectivity index (χ4n) is 1.78. The Balaban J connectivity index is 2.48. The van der Waals surface area contributed by atoms with Crippen LogP contribution in [0.4, 0.5) is 0 Å².